The van der Waals surface area contributed by atoms with Crippen molar-refractivity contribution in [1.82, 2.24) is 4.98 Å². The van der Waals surface area contributed by atoms with Gasteiger partial charge in [-0.15, -0.1) is 0 Å². The summed E-state index contributed by atoms with van der Waals surface area (Å²) in [5, 5.41) is 16.6. The fraction of sp³-hybridized carbons (Fsp3) is 0.550. The number of aryl methyl sites for hydroxylation is 1. The minimum Gasteiger partial charge on any atom is -0.548 e. The zero-order chi connectivity index (χ0) is 37.3. The number of carbonyl (C=O) groups excluding carboxylic acids is 1. The van der Waals surface area contributed by atoms with Gasteiger partial charge in [0.15, 0.2) is 0 Å². The van der Waals surface area contributed by atoms with Crippen LogP contribution in [0.3, 0.4) is 0 Å². The van der Waals surface area contributed by atoms with E-state index in [1.807, 2.05) is 51.6 Å². The van der Waals surface area contributed by atoms with Gasteiger partial charge in [-0.3, -0.25) is 14.4 Å². The third-order valence-corrected chi connectivity index (χ3v) is 12.7. The van der Waals surface area contributed by atoms with Crippen LogP contribution in [0.5, 0.6) is 11.5 Å². The molecule has 2 aromatic carbocycles. The molecule has 1 fully saturated rings. The Kier molecular flexibility index (Phi) is 11.4. The number of likely N-dealkylation sites (N-methyl/N-ethyl adjacent to an activating group) is 1. The third kappa shape index (κ3) is 8.63. The first-order valence-corrected chi connectivity index (χ1v) is 20.4. The second kappa shape index (κ2) is 15.3. The van der Waals surface area contributed by atoms with Gasteiger partial charge in [-0.1, -0.05) is 37.6 Å². The number of fused-ring (bicyclic) bond motifs is 3. The fourth-order valence-electron chi connectivity index (χ4n) is 8.71. The molecule has 52 heavy (non-hydrogen) atoms. The van der Waals surface area contributed by atoms with Crippen LogP contribution in [0, 0.1) is 11.8 Å². The number of benzene rings is 2. The minimum absolute atomic E-state index is 0.0698. The molecule has 4 atom stereocenters. The molecule has 1 spiro atoms. The number of aromatic nitrogens is 1. The maximum atomic E-state index is 13.0. The number of quaternary nitrogens is 1. The molecule has 0 aliphatic heterocycles. The van der Waals surface area contributed by atoms with Crippen LogP contribution < -0.4 is 19.7 Å². The molecular weight excluding hydrogens is 701 g/mol. The van der Waals surface area contributed by atoms with Gasteiger partial charge in [-0.2, -0.15) is 0 Å². The molecule has 0 saturated heterocycles. The Morgan fingerprint density at radius 3 is 2.63 bits per heavy atom. The second-order valence-corrected chi connectivity index (χ2v) is 18.2. The molecule has 10 nitrogen and oxygen atoms in total. The number of carboxylic acid groups (broad SMARTS) is 1. The lowest BCUT2D eigenvalue weighted by Gasteiger charge is -2.49. The number of carbonyl (C=O) groups is 1. The van der Waals surface area contributed by atoms with Crippen LogP contribution in [0.2, 0.25) is 5.02 Å². The van der Waals surface area contributed by atoms with Gasteiger partial charge in [-0.25, -0.2) is 4.57 Å². The number of nitrogens with one attached hydrogen (secondary N) is 1. The Balaban J connectivity index is 1.24. The van der Waals surface area contributed by atoms with Gasteiger partial charge in [0.1, 0.15) is 24.7 Å². The van der Waals surface area contributed by atoms with Crippen molar-refractivity contribution in [2.45, 2.75) is 88.5 Å². The highest BCUT2D eigenvalue weighted by atomic mass is 35.5. The minimum atomic E-state index is -4.38. The number of rotatable bonds is 14. The standard InChI is InChI=1S/C40H53ClN3O7P/c1-27(26-49-36-14-19-42-35-11-6-8-28(2)37(35)36)22-30-23-29-12-13-33(51-52(47,48)50-21-20-44(3,4)5)25-34(29)39(30)15-17-40(18-16-39,38(45)46)43-32-10-7-9-31(41)24-32/h7,9-10,12-14,19,24-25,27-28,30,43H,6,8,11,15-18,20-23,26H2,1-5H3,(H-,45,46,47,48)/t27-,28-,30+,39?,40?/m1/s1. The maximum absolute atomic E-state index is 13.0. The molecule has 2 N–H and O–H groups in total. The van der Waals surface area contributed by atoms with Crippen LogP contribution in [0.15, 0.2) is 54.7 Å². The van der Waals surface area contributed by atoms with Crippen molar-refractivity contribution >= 4 is 31.1 Å². The number of anilines is 1. The molecule has 12 heteroatoms. The van der Waals surface area contributed by atoms with Crippen LogP contribution in [0.25, 0.3) is 0 Å². The number of ether oxygens (including phenoxy) is 1. The lowest BCUT2D eigenvalue weighted by atomic mass is 9.59. The van der Waals surface area contributed by atoms with E-state index in [9.17, 15) is 19.4 Å². The van der Waals surface area contributed by atoms with Crippen molar-refractivity contribution in [3.05, 3.63) is 82.1 Å². The van der Waals surface area contributed by atoms with Crippen LogP contribution in [-0.4, -0.2) is 66.8 Å². The highest BCUT2D eigenvalue weighted by molar-refractivity contribution is 7.47. The number of hydrogen-bond acceptors (Lipinski definition) is 8. The van der Waals surface area contributed by atoms with Gasteiger partial charge in [0.2, 0.25) is 0 Å². The van der Waals surface area contributed by atoms with Gasteiger partial charge in [0, 0.05) is 28.2 Å². The average molecular weight is 754 g/mol. The summed E-state index contributed by atoms with van der Waals surface area (Å²) in [6.07, 6.45) is 8.60. The van der Waals surface area contributed by atoms with E-state index in [0.29, 0.717) is 59.9 Å². The molecule has 6 rings (SSSR count). The molecule has 1 aromatic heterocycles. The molecule has 1 unspecified atom stereocenters. The zero-order valence-corrected chi connectivity index (χ0v) is 32.7. The van der Waals surface area contributed by atoms with E-state index in [-0.39, 0.29) is 29.6 Å². The van der Waals surface area contributed by atoms with Gasteiger partial charge < -0.3 is 29.0 Å². The smallest absolute Gasteiger partial charge is 0.527 e. The van der Waals surface area contributed by atoms with Gasteiger partial charge in [0.05, 0.1) is 39.3 Å². The summed E-state index contributed by atoms with van der Waals surface area (Å²) < 4.78 is 31.1. The highest BCUT2D eigenvalue weighted by Crippen LogP contribution is 2.57. The lowest BCUT2D eigenvalue weighted by Crippen LogP contribution is -2.58. The van der Waals surface area contributed by atoms with Crippen molar-refractivity contribution < 1.29 is 37.6 Å². The summed E-state index contributed by atoms with van der Waals surface area (Å²) in [7, 11) is 1.55. The number of aliphatic carboxylic acids is 1. The SMILES string of the molecule is C[C@@H](COc1ccnc2c1[C@H](C)CCC2)C[C@H]1Cc2ccc(OP(=O)(O)OCC[N+](C)(C)C)cc2C12CCC(Nc1cccc(Cl)c1)(C(=O)[O-])CC2. The predicted molar refractivity (Wildman–Crippen MR) is 201 cm³/mol. The molecule has 1 saturated carbocycles. The van der Waals surface area contributed by atoms with Crippen LogP contribution in [0.1, 0.15) is 87.1 Å². The number of nitrogens with zero attached hydrogens (tertiary/aromatic N) is 2. The Morgan fingerprint density at radius 1 is 1.15 bits per heavy atom. The summed E-state index contributed by atoms with van der Waals surface area (Å²) in [6, 6.07) is 14.7. The van der Waals surface area contributed by atoms with Crippen LogP contribution >= 0.6 is 19.4 Å². The van der Waals surface area contributed by atoms with E-state index >= 15 is 0 Å². The molecule has 0 bridgehead atoms. The number of halogens is 1. The van der Waals surface area contributed by atoms with Crippen molar-refractivity contribution in [2.24, 2.45) is 11.8 Å². The monoisotopic (exact) mass is 753 g/mol. The summed E-state index contributed by atoms with van der Waals surface area (Å²) in [6.45, 7) is 5.62. The Morgan fingerprint density at radius 2 is 1.92 bits per heavy atom. The maximum Gasteiger partial charge on any atom is 0.527 e. The van der Waals surface area contributed by atoms with Gasteiger partial charge >= 0.3 is 7.82 Å². The van der Waals surface area contributed by atoms with Crippen molar-refractivity contribution in [1.29, 1.82) is 0 Å². The summed E-state index contributed by atoms with van der Waals surface area (Å²) in [5.41, 5.74) is 3.54. The number of hydrogen-bond donors (Lipinski definition) is 2. The molecule has 3 aromatic rings. The third-order valence-electron chi connectivity index (χ3n) is 11.5. The largest absolute Gasteiger partial charge is 0.548 e. The topological polar surface area (TPSA) is 130 Å². The zero-order valence-electron chi connectivity index (χ0n) is 31.0. The fourth-order valence-corrected chi connectivity index (χ4v) is 9.65. The van der Waals surface area contributed by atoms with E-state index in [1.54, 1.807) is 24.3 Å². The second-order valence-electron chi connectivity index (χ2n) is 16.4. The Hall–Kier alpha value is -3.14. The summed E-state index contributed by atoms with van der Waals surface area (Å²) in [4.78, 5) is 28.1. The van der Waals surface area contributed by atoms with E-state index in [0.717, 1.165) is 54.7 Å². The molecule has 282 valence electrons. The van der Waals surface area contributed by atoms with Crippen LogP contribution in [0.4, 0.5) is 5.69 Å². The van der Waals surface area contributed by atoms with Gasteiger partial charge in [-0.05, 0) is 128 Å². The van der Waals surface area contributed by atoms with Crippen LogP contribution in [-0.2, 0) is 32.1 Å². The molecule has 0 amide bonds. The molecule has 3 aliphatic carbocycles. The van der Waals surface area contributed by atoms with Crippen molar-refractivity contribution in [2.75, 3.05) is 46.2 Å². The molecule has 1 heterocycles. The Labute approximate surface area is 313 Å². The van der Waals surface area contributed by atoms with Gasteiger partial charge in [0.25, 0.3) is 0 Å². The first-order chi connectivity index (χ1) is 24.6. The molecular formula is C40H53ClN3O7P. The van der Waals surface area contributed by atoms with Crippen molar-refractivity contribution in [3.63, 3.8) is 0 Å². The lowest BCUT2D eigenvalue weighted by molar-refractivity contribution is -0.870. The molecule has 3 aliphatic rings. The van der Waals surface area contributed by atoms with E-state index in [2.05, 4.69) is 24.1 Å². The highest BCUT2D eigenvalue weighted by Gasteiger charge is 2.52. The van der Waals surface area contributed by atoms with Crippen molar-refractivity contribution in [3.8, 4) is 11.5 Å². The Bertz CT molecular complexity index is 1810. The normalized spacial score (nSPS) is 25.8. The van der Waals surface area contributed by atoms with E-state index < -0.39 is 19.3 Å². The first kappa shape index (κ1) is 38.6. The van der Waals surface area contributed by atoms with E-state index in [1.165, 1.54) is 5.56 Å². The number of carboxylic acids is 1. The summed E-state index contributed by atoms with van der Waals surface area (Å²) >= 11 is 6.25. The predicted octanol–water partition coefficient (Wildman–Crippen LogP) is 7.07. The number of phosphoric ester groups is 1. The van der Waals surface area contributed by atoms with E-state index in [4.69, 9.17) is 25.4 Å². The average Bonchev–Trinajstić information content (AvgIpc) is 3.35. The first-order valence-electron chi connectivity index (χ1n) is 18.5. The molecule has 0 radical (unpaired) electrons. The number of pyridine rings is 1. The number of phosphoric acid groups is 1. The summed E-state index contributed by atoms with van der Waals surface area (Å²) in [5.74, 6) is 0.856. The quantitative estimate of drug-likeness (QED) is 0.131.